The Bertz CT molecular complexity index is 462. The van der Waals surface area contributed by atoms with Crippen LogP contribution in [0.2, 0.25) is 0 Å². The van der Waals surface area contributed by atoms with E-state index in [1.807, 2.05) is 13.8 Å². The molecule has 1 amide bonds. The second kappa shape index (κ2) is 7.94. The summed E-state index contributed by atoms with van der Waals surface area (Å²) in [6, 6.07) is 0.990. The van der Waals surface area contributed by atoms with E-state index in [1.54, 1.807) is 10.9 Å². The average Bonchev–Trinajstić information content (AvgIpc) is 2.76. The number of halogens is 1. The lowest BCUT2D eigenvalue weighted by Crippen LogP contribution is -2.47. The number of aromatic nitrogens is 2. The molecule has 0 aliphatic carbocycles. The molecule has 0 aliphatic rings. The van der Waals surface area contributed by atoms with Gasteiger partial charge in [-0.2, -0.15) is 5.10 Å². The summed E-state index contributed by atoms with van der Waals surface area (Å²) in [5.41, 5.74) is 0.588. The number of amides is 1. The van der Waals surface area contributed by atoms with Crippen LogP contribution in [-0.4, -0.2) is 45.3 Å². The summed E-state index contributed by atoms with van der Waals surface area (Å²) >= 11 is 3.39. The number of aryl methyl sites for hydroxylation is 1. The van der Waals surface area contributed by atoms with Crippen LogP contribution in [0.25, 0.3) is 0 Å². The fraction of sp³-hybridized carbons (Fsp3) is 0.733. The Hall–Kier alpha value is -0.880. The molecule has 1 atom stereocenters. The van der Waals surface area contributed by atoms with E-state index in [4.69, 9.17) is 0 Å². The molecule has 0 saturated heterocycles. The van der Waals surface area contributed by atoms with Crippen molar-refractivity contribution in [3.05, 3.63) is 16.4 Å². The highest BCUT2D eigenvalue weighted by molar-refractivity contribution is 9.10. The van der Waals surface area contributed by atoms with Gasteiger partial charge < -0.3 is 5.32 Å². The normalized spacial score (nSPS) is 13.2. The van der Waals surface area contributed by atoms with E-state index in [2.05, 4.69) is 58.9 Å². The number of hydrogen-bond donors (Lipinski definition) is 1. The molecule has 6 heteroatoms. The SMILES string of the molecule is CCn1ncc(Br)c1C(=O)N[C@@H](C)CN(C(C)C)C(C)C. The molecule has 120 valence electrons. The topological polar surface area (TPSA) is 50.2 Å². The molecule has 1 aromatic heterocycles. The van der Waals surface area contributed by atoms with Crippen molar-refractivity contribution in [2.75, 3.05) is 6.54 Å². The molecular weight excluding hydrogens is 332 g/mol. The van der Waals surface area contributed by atoms with Crippen molar-refractivity contribution in [3.63, 3.8) is 0 Å². The molecule has 0 saturated carbocycles. The maximum atomic E-state index is 12.4. The zero-order valence-electron chi connectivity index (χ0n) is 13.9. The van der Waals surface area contributed by atoms with Crippen LogP contribution in [0.3, 0.4) is 0 Å². The van der Waals surface area contributed by atoms with Crippen molar-refractivity contribution in [2.45, 2.75) is 66.2 Å². The van der Waals surface area contributed by atoms with Crippen LogP contribution in [-0.2, 0) is 6.54 Å². The van der Waals surface area contributed by atoms with Crippen molar-refractivity contribution < 1.29 is 4.79 Å². The molecule has 5 nitrogen and oxygen atoms in total. The van der Waals surface area contributed by atoms with Crippen molar-refractivity contribution in [3.8, 4) is 0 Å². The van der Waals surface area contributed by atoms with Crippen LogP contribution in [0.5, 0.6) is 0 Å². The summed E-state index contributed by atoms with van der Waals surface area (Å²) in [6.45, 7) is 14.2. The van der Waals surface area contributed by atoms with Crippen molar-refractivity contribution in [2.24, 2.45) is 0 Å². The largest absolute Gasteiger partial charge is 0.347 e. The molecule has 0 bridgehead atoms. The van der Waals surface area contributed by atoms with Gasteiger partial charge in [0.15, 0.2) is 0 Å². The van der Waals surface area contributed by atoms with E-state index >= 15 is 0 Å². The van der Waals surface area contributed by atoms with Gasteiger partial charge in [-0.1, -0.05) is 0 Å². The van der Waals surface area contributed by atoms with E-state index in [1.165, 1.54) is 0 Å². The Morgan fingerprint density at radius 1 is 1.33 bits per heavy atom. The Morgan fingerprint density at radius 2 is 1.90 bits per heavy atom. The molecule has 21 heavy (non-hydrogen) atoms. The van der Waals surface area contributed by atoms with Crippen molar-refractivity contribution in [1.82, 2.24) is 20.0 Å². The summed E-state index contributed by atoms with van der Waals surface area (Å²) < 4.78 is 2.44. The highest BCUT2D eigenvalue weighted by Gasteiger charge is 2.21. The Labute approximate surface area is 136 Å². The van der Waals surface area contributed by atoms with Gasteiger partial charge in [-0.25, -0.2) is 0 Å². The molecule has 0 aromatic carbocycles. The average molecular weight is 359 g/mol. The van der Waals surface area contributed by atoms with Gasteiger partial charge in [0.1, 0.15) is 5.69 Å². The van der Waals surface area contributed by atoms with Gasteiger partial charge in [0, 0.05) is 31.2 Å². The van der Waals surface area contributed by atoms with Gasteiger partial charge >= 0.3 is 0 Å². The first-order valence-electron chi connectivity index (χ1n) is 7.55. The quantitative estimate of drug-likeness (QED) is 0.815. The maximum absolute atomic E-state index is 12.4. The van der Waals surface area contributed by atoms with Gasteiger partial charge in [-0.3, -0.25) is 14.4 Å². The van der Waals surface area contributed by atoms with E-state index < -0.39 is 0 Å². The number of nitrogens with zero attached hydrogens (tertiary/aromatic N) is 3. The third-order valence-corrected chi connectivity index (χ3v) is 4.08. The minimum absolute atomic E-state index is 0.0782. The lowest BCUT2D eigenvalue weighted by Gasteiger charge is -2.33. The summed E-state index contributed by atoms with van der Waals surface area (Å²) in [4.78, 5) is 14.8. The van der Waals surface area contributed by atoms with E-state index in [-0.39, 0.29) is 11.9 Å². The van der Waals surface area contributed by atoms with Crippen LogP contribution in [0.4, 0.5) is 0 Å². The summed E-state index contributed by atoms with van der Waals surface area (Å²) in [5.74, 6) is -0.0822. The molecule has 0 aliphatic heterocycles. The van der Waals surface area contributed by atoms with Gasteiger partial charge in [0.2, 0.25) is 0 Å². The lowest BCUT2D eigenvalue weighted by atomic mass is 10.2. The zero-order valence-corrected chi connectivity index (χ0v) is 15.4. The fourth-order valence-electron chi connectivity index (χ4n) is 2.50. The smallest absolute Gasteiger partial charge is 0.270 e. The van der Waals surface area contributed by atoms with E-state index in [9.17, 15) is 4.79 Å². The second-order valence-corrected chi connectivity index (χ2v) is 6.77. The number of carbonyl (C=O) groups excluding carboxylic acids is 1. The molecule has 1 aromatic rings. The molecule has 1 heterocycles. The van der Waals surface area contributed by atoms with Crippen LogP contribution in [0, 0.1) is 0 Å². The summed E-state index contributed by atoms with van der Waals surface area (Å²) in [7, 11) is 0. The molecule has 0 spiro atoms. The highest BCUT2D eigenvalue weighted by Crippen LogP contribution is 2.16. The van der Waals surface area contributed by atoms with Crippen molar-refractivity contribution >= 4 is 21.8 Å². The first-order valence-corrected chi connectivity index (χ1v) is 8.35. The third kappa shape index (κ3) is 4.81. The number of nitrogens with one attached hydrogen (secondary N) is 1. The van der Waals surface area contributed by atoms with Crippen LogP contribution >= 0.6 is 15.9 Å². The Balaban J connectivity index is 2.72. The number of hydrogen-bond acceptors (Lipinski definition) is 3. The molecule has 1 rings (SSSR count). The lowest BCUT2D eigenvalue weighted by molar-refractivity contribution is 0.0900. The number of rotatable bonds is 7. The van der Waals surface area contributed by atoms with E-state index in [0.29, 0.717) is 24.3 Å². The second-order valence-electron chi connectivity index (χ2n) is 5.92. The Kier molecular flexibility index (Phi) is 6.87. The monoisotopic (exact) mass is 358 g/mol. The predicted molar refractivity (Wildman–Crippen MR) is 89.5 cm³/mol. The van der Waals surface area contributed by atoms with Gasteiger partial charge in [-0.05, 0) is 57.5 Å². The van der Waals surface area contributed by atoms with Gasteiger partial charge in [0.05, 0.1) is 10.7 Å². The first kappa shape index (κ1) is 18.2. The predicted octanol–water partition coefficient (Wildman–Crippen LogP) is 2.90. The highest BCUT2D eigenvalue weighted by atomic mass is 79.9. The summed E-state index contributed by atoms with van der Waals surface area (Å²) in [6.07, 6.45) is 1.66. The van der Waals surface area contributed by atoms with Gasteiger partial charge in [0.25, 0.3) is 5.91 Å². The third-order valence-electron chi connectivity index (χ3n) is 3.50. The van der Waals surface area contributed by atoms with Crippen LogP contribution in [0.1, 0.15) is 52.0 Å². The van der Waals surface area contributed by atoms with Crippen LogP contribution < -0.4 is 5.32 Å². The zero-order chi connectivity index (χ0) is 16.2. The molecule has 0 unspecified atom stereocenters. The standard InChI is InChI=1S/C15H27BrN4O/c1-7-20-14(13(16)8-17-20)15(21)18-12(6)9-19(10(2)3)11(4)5/h8,10-12H,7,9H2,1-6H3,(H,18,21)/t12-/m0/s1. The first-order chi connectivity index (χ1) is 9.77. The van der Waals surface area contributed by atoms with Crippen molar-refractivity contribution in [1.29, 1.82) is 0 Å². The number of carbonyl (C=O) groups is 1. The van der Waals surface area contributed by atoms with Crippen LogP contribution in [0.15, 0.2) is 10.7 Å². The minimum Gasteiger partial charge on any atom is -0.347 e. The summed E-state index contributed by atoms with van der Waals surface area (Å²) in [5, 5.41) is 7.25. The molecule has 0 fully saturated rings. The molecule has 0 radical (unpaired) electrons. The minimum atomic E-state index is -0.0822. The Morgan fingerprint density at radius 3 is 2.38 bits per heavy atom. The van der Waals surface area contributed by atoms with E-state index in [0.717, 1.165) is 11.0 Å². The fourth-order valence-corrected chi connectivity index (χ4v) is 2.98. The van der Waals surface area contributed by atoms with Gasteiger partial charge in [-0.15, -0.1) is 0 Å². The molecular formula is C15H27BrN4O. The molecule has 1 N–H and O–H groups in total. The maximum Gasteiger partial charge on any atom is 0.270 e.